The quantitative estimate of drug-likeness (QED) is 0.0768. The van der Waals surface area contributed by atoms with Crippen LogP contribution in [0.1, 0.15) is 45.5 Å². The van der Waals surface area contributed by atoms with Gasteiger partial charge in [0.15, 0.2) is 5.78 Å². The molecular weight excluding hydrogens is 909 g/mol. The molecule has 2 aromatic heterocycles. The van der Waals surface area contributed by atoms with Crippen molar-refractivity contribution in [1.29, 1.82) is 0 Å². The van der Waals surface area contributed by atoms with Crippen LogP contribution in [0.2, 0.25) is 0 Å². The zero-order valence-electron chi connectivity index (χ0n) is 38.3. The molecule has 2 atom stereocenters. The first-order valence-corrected chi connectivity index (χ1v) is 26.8. The van der Waals surface area contributed by atoms with E-state index in [9.17, 15) is 27.0 Å². The number of benzene rings is 4. The van der Waals surface area contributed by atoms with Crippen molar-refractivity contribution in [1.82, 2.24) is 40.2 Å². The first-order chi connectivity index (χ1) is 32.7. The molecule has 10 rings (SSSR count). The zero-order valence-corrected chi connectivity index (χ0v) is 39.9. The summed E-state index contributed by atoms with van der Waals surface area (Å²) < 4.78 is 61.3. The van der Waals surface area contributed by atoms with Crippen LogP contribution in [0.3, 0.4) is 0 Å². The minimum Gasteiger partial charge on any atom is -0.395 e. The van der Waals surface area contributed by atoms with Crippen molar-refractivity contribution < 1.29 is 40.2 Å². The second-order valence-corrected chi connectivity index (χ2v) is 21.7. The number of β-amino-alcohol motifs (C(OH)–C–C–N with tert-alkyl or cyclic N) is 2. The van der Waals surface area contributed by atoms with Gasteiger partial charge in [-0.25, -0.2) is 0 Å². The summed E-state index contributed by atoms with van der Waals surface area (Å²) in [6.45, 7) is 10.9. The van der Waals surface area contributed by atoms with Crippen LogP contribution < -0.4 is 19.0 Å². The minimum atomic E-state index is -3.92. The Morgan fingerprint density at radius 2 is 0.971 bits per heavy atom. The van der Waals surface area contributed by atoms with E-state index in [1.165, 1.54) is 0 Å². The van der Waals surface area contributed by atoms with Crippen LogP contribution in [0.15, 0.2) is 72.8 Å². The van der Waals surface area contributed by atoms with E-state index in [1.54, 1.807) is 24.3 Å². The molecule has 19 heteroatoms. The van der Waals surface area contributed by atoms with Crippen molar-refractivity contribution in [2.75, 3.05) is 91.2 Å². The molecule has 68 heavy (non-hydrogen) atoms. The van der Waals surface area contributed by atoms with Gasteiger partial charge in [0, 0.05) is 147 Å². The maximum Gasteiger partial charge on any atom is 0.306 e. The summed E-state index contributed by atoms with van der Waals surface area (Å²) in [6.07, 6.45) is 1.99. The summed E-state index contributed by atoms with van der Waals surface area (Å²) in [5, 5.41) is 27.5. The predicted octanol–water partition coefficient (Wildman–Crippen LogP) is 3.44. The molecule has 4 aliphatic heterocycles. The van der Waals surface area contributed by atoms with Crippen LogP contribution in [0, 0.1) is 0 Å². The number of carbonyl (C=O) groups is 1. The van der Waals surface area contributed by atoms with Crippen LogP contribution in [-0.4, -0.2) is 154 Å². The molecule has 2 fully saturated rings. The van der Waals surface area contributed by atoms with E-state index in [1.807, 2.05) is 0 Å². The van der Waals surface area contributed by atoms with Crippen LogP contribution in [0.4, 0.5) is 0 Å². The highest BCUT2D eigenvalue weighted by molar-refractivity contribution is 7.86. The highest BCUT2D eigenvalue weighted by Crippen LogP contribution is 2.47. The molecule has 2 saturated heterocycles. The molecule has 0 saturated carbocycles. The molecule has 17 nitrogen and oxygen atoms in total. The number of aliphatic hydroxyl groups excluding tert-OH is 2. The number of aromatic amines is 2. The zero-order chi connectivity index (χ0) is 47.3. The average molecular weight is 967 g/mol. The summed E-state index contributed by atoms with van der Waals surface area (Å²) in [7, 11) is -7.85. The van der Waals surface area contributed by atoms with E-state index < -0.39 is 32.3 Å². The first-order valence-electron chi connectivity index (χ1n) is 23.2. The number of rotatable bonds is 16. The normalized spacial score (nSPS) is 19.8. The lowest BCUT2D eigenvalue weighted by Crippen LogP contribution is -2.46. The Morgan fingerprint density at radius 3 is 1.35 bits per heavy atom. The maximum absolute atomic E-state index is 15.4. The van der Waals surface area contributed by atoms with Gasteiger partial charge >= 0.3 is 20.2 Å². The summed E-state index contributed by atoms with van der Waals surface area (Å²) in [4.78, 5) is 31.8. The van der Waals surface area contributed by atoms with Crippen LogP contribution in [0.25, 0.3) is 44.3 Å². The molecule has 6 N–H and O–H groups in total. The summed E-state index contributed by atoms with van der Waals surface area (Å²) in [6, 6.07) is 21.8. The first kappa shape index (κ1) is 46.5. The Morgan fingerprint density at radius 1 is 0.574 bits per heavy atom. The van der Waals surface area contributed by atoms with Crippen LogP contribution in [-0.2, 0) is 51.2 Å². The highest BCUT2D eigenvalue weighted by Gasteiger charge is 2.42. The lowest BCUT2D eigenvalue weighted by molar-refractivity contribution is -0.123. The maximum atomic E-state index is 15.4. The largest absolute Gasteiger partial charge is 0.395 e. The molecular formula is C49H58N8O9S2. The number of Topliss-reactive ketones (excluding diaryl/α,β-unsaturated/α-hetero) is 1. The smallest absolute Gasteiger partial charge is 0.306 e. The number of aliphatic hydroxyl groups is 2. The Kier molecular flexibility index (Phi) is 13.0. The van der Waals surface area contributed by atoms with E-state index in [0.29, 0.717) is 46.5 Å². The third kappa shape index (κ3) is 9.82. The van der Waals surface area contributed by atoms with Gasteiger partial charge in [-0.2, -0.15) is 16.8 Å². The van der Waals surface area contributed by atoms with E-state index in [4.69, 9.17) is 8.37 Å². The van der Waals surface area contributed by atoms with Gasteiger partial charge in [-0.1, -0.05) is 12.1 Å². The number of hydrogen-bond acceptors (Lipinski definition) is 15. The second-order valence-electron chi connectivity index (χ2n) is 18.5. The van der Waals surface area contributed by atoms with Crippen molar-refractivity contribution in [3.63, 3.8) is 0 Å². The third-order valence-corrected chi connectivity index (χ3v) is 14.7. The molecule has 0 aliphatic carbocycles. The number of carbonyl (C=O) groups excluding carboxylic acids is 1. The van der Waals surface area contributed by atoms with E-state index in [2.05, 4.69) is 88.7 Å². The van der Waals surface area contributed by atoms with E-state index in [-0.39, 0.29) is 43.6 Å². The fourth-order valence-electron chi connectivity index (χ4n) is 10.5. The number of nitrogens with zero attached hydrogens (tertiary/aromatic N) is 4. The van der Waals surface area contributed by atoms with Gasteiger partial charge in [0.2, 0.25) is 0 Å². The van der Waals surface area contributed by atoms with Crippen molar-refractivity contribution >= 4 is 47.8 Å². The lowest BCUT2D eigenvalue weighted by atomic mass is 9.87. The molecule has 0 bridgehead atoms. The molecule has 0 radical (unpaired) electrons. The van der Waals surface area contributed by atoms with Crippen molar-refractivity contribution in [2.45, 2.75) is 38.3 Å². The molecule has 0 spiro atoms. The van der Waals surface area contributed by atoms with E-state index >= 15 is 4.79 Å². The number of ketones is 1. The number of hydrogen-bond donors (Lipinski definition) is 6. The molecule has 2 unspecified atom stereocenters. The summed E-state index contributed by atoms with van der Waals surface area (Å²) in [5.74, 6) is 0.0301. The highest BCUT2D eigenvalue weighted by atomic mass is 32.2. The number of H-pyrrole nitrogens is 2. The number of aromatic nitrogens is 2. The van der Waals surface area contributed by atoms with Gasteiger partial charge in [0.25, 0.3) is 0 Å². The number of fused-ring (bicyclic) bond motifs is 4. The van der Waals surface area contributed by atoms with Gasteiger partial charge in [0.1, 0.15) is 11.5 Å². The Balaban J connectivity index is 0.981. The molecule has 360 valence electrons. The monoisotopic (exact) mass is 966 g/mol. The fourth-order valence-corrected chi connectivity index (χ4v) is 11.5. The topological polar surface area (TPSA) is 213 Å². The molecule has 6 heterocycles. The van der Waals surface area contributed by atoms with Crippen LogP contribution in [0.5, 0.6) is 11.5 Å². The molecule has 0 amide bonds. The second kappa shape index (κ2) is 19.0. The predicted molar refractivity (Wildman–Crippen MR) is 260 cm³/mol. The average Bonchev–Trinajstić information content (AvgIpc) is 4.12. The van der Waals surface area contributed by atoms with Crippen molar-refractivity contribution in [3.05, 3.63) is 106 Å². The standard InChI is InChI=1S/C49H58N8O9S2/c1-67(61,62)65-43-9-5-35(41-25-33-23-31(3-7-39(33)52-41)29-56-15-11-54(12-16-56)19-21-58)45-37(43)27-50-47(45)49(60)48-46-36(6-10-44(38(46)28-51-48)66-68(2,63)64)42-26-34-24-32(4-8-40(34)53-42)30-57-17-13-55(14-18-57)20-22-59/h3-10,23-26,47-48,50-53,58-59H,11-22,27-30H2,1-2H3. The lowest BCUT2D eigenvalue weighted by Gasteiger charge is -2.34. The van der Waals surface area contributed by atoms with Crippen molar-refractivity contribution in [3.8, 4) is 34.0 Å². The molecule has 4 aliphatic rings. The summed E-state index contributed by atoms with van der Waals surface area (Å²) in [5.41, 5.74) is 9.38. The number of nitrogens with one attached hydrogen (secondary N) is 4. The van der Waals surface area contributed by atoms with Crippen molar-refractivity contribution in [2.24, 2.45) is 0 Å². The fraction of sp³-hybridized carbons (Fsp3) is 0.408. The van der Waals surface area contributed by atoms with Gasteiger partial charge in [-0.05, 0) is 82.9 Å². The number of piperazine rings is 2. The van der Waals surface area contributed by atoms with Gasteiger partial charge in [-0.3, -0.25) is 35.0 Å². The molecule has 6 aromatic rings. The Bertz CT molecular complexity index is 2900. The third-order valence-electron chi connectivity index (χ3n) is 13.7. The Hall–Kier alpha value is -5.19. The van der Waals surface area contributed by atoms with Gasteiger partial charge < -0.3 is 28.5 Å². The van der Waals surface area contributed by atoms with Gasteiger partial charge in [-0.15, -0.1) is 0 Å². The Labute approximate surface area is 396 Å². The van der Waals surface area contributed by atoms with Crippen LogP contribution >= 0.6 is 0 Å². The van der Waals surface area contributed by atoms with Gasteiger partial charge in [0.05, 0.1) is 37.8 Å². The minimum absolute atomic E-state index is 0.136. The SMILES string of the molecule is CS(=O)(=O)Oc1ccc(-c2cc3cc(CN4CCN(CCO)CC4)ccc3[nH]2)c2c1CNC2C(=O)C1NCc2c(OS(C)(=O)=O)ccc(-c3cc4cc(CN5CCN(CCO)CC5)ccc4[nH]3)c21. The molecule has 4 aromatic carbocycles. The van der Waals surface area contributed by atoms with E-state index in [0.717, 1.165) is 122 Å². The summed E-state index contributed by atoms with van der Waals surface area (Å²) >= 11 is 0.